The van der Waals surface area contributed by atoms with E-state index in [1.807, 2.05) is 49.9 Å². The van der Waals surface area contributed by atoms with Crippen LogP contribution in [0, 0.1) is 11.8 Å². The molecule has 0 aliphatic carbocycles. The summed E-state index contributed by atoms with van der Waals surface area (Å²) in [5, 5.41) is 5.44. The number of likely N-dealkylation sites (tertiary alicyclic amines) is 2. The summed E-state index contributed by atoms with van der Waals surface area (Å²) in [5.74, 6) is 0.891. The van der Waals surface area contributed by atoms with Crippen molar-refractivity contribution in [3.8, 4) is 50.7 Å². The average Bonchev–Trinajstić information content (AvgIpc) is 4.27. The van der Waals surface area contributed by atoms with Crippen molar-refractivity contribution >= 4 is 29.7 Å². The monoisotopic (exact) mass is 964 g/mol. The first-order valence-corrected chi connectivity index (χ1v) is 24.7. The first-order valence-electron chi connectivity index (χ1n) is 24.7. The van der Waals surface area contributed by atoms with E-state index in [0.717, 1.165) is 95.2 Å². The number of anilines is 1. The maximum absolute atomic E-state index is 13.8. The van der Waals surface area contributed by atoms with Crippen molar-refractivity contribution in [3.05, 3.63) is 109 Å². The molecule has 6 heterocycles. The van der Waals surface area contributed by atoms with Crippen LogP contribution in [0.3, 0.4) is 0 Å². The summed E-state index contributed by atoms with van der Waals surface area (Å²) in [4.78, 5) is 74.3. The van der Waals surface area contributed by atoms with Gasteiger partial charge in [0.15, 0.2) is 0 Å². The highest BCUT2D eigenvalue weighted by atomic mass is 16.5. The van der Waals surface area contributed by atoms with Crippen LogP contribution in [0.2, 0.25) is 0 Å². The molecule has 3 aromatic carbocycles. The second-order valence-corrected chi connectivity index (χ2v) is 19.2. The van der Waals surface area contributed by atoms with Crippen molar-refractivity contribution in [2.75, 3.05) is 58.5 Å². The van der Waals surface area contributed by atoms with Gasteiger partial charge in [0.1, 0.15) is 23.7 Å². The fourth-order valence-electron chi connectivity index (χ4n) is 10.1. The van der Waals surface area contributed by atoms with Gasteiger partial charge in [-0.2, -0.15) is 0 Å². The zero-order valence-corrected chi connectivity index (χ0v) is 41.3. The molecule has 3 fully saturated rings. The Morgan fingerprint density at radius 3 is 1.39 bits per heavy atom. The van der Waals surface area contributed by atoms with E-state index >= 15 is 0 Å². The maximum Gasteiger partial charge on any atom is 0.407 e. The molecule has 9 rings (SSSR count). The lowest BCUT2D eigenvalue weighted by molar-refractivity contribution is -0.136. The number of aromatic amines is 2. The van der Waals surface area contributed by atoms with Crippen molar-refractivity contribution in [2.24, 2.45) is 11.8 Å². The van der Waals surface area contributed by atoms with E-state index in [4.69, 9.17) is 24.2 Å². The Hall–Kier alpha value is -7.40. The normalized spacial score (nSPS) is 17.9. The fourth-order valence-corrected chi connectivity index (χ4v) is 10.1. The van der Waals surface area contributed by atoms with Crippen LogP contribution in [0.5, 0.6) is 0 Å². The molecule has 3 aromatic heterocycles. The molecular weight excluding hydrogens is 901 g/mol. The largest absolute Gasteiger partial charge is 0.453 e. The Labute approximate surface area is 414 Å². The first kappa shape index (κ1) is 48.6. The minimum Gasteiger partial charge on any atom is -0.453 e. The number of amides is 4. The van der Waals surface area contributed by atoms with Gasteiger partial charge in [-0.1, -0.05) is 76.2 Å². The van der Waals surface area contributed by atoms with Gasteiger partial charge in [-0.3, -0.25) is 9.59 Å². The Kier molecular flexibility index (Phi) is 14.6. The highest BCUT2D eigenvalue weighted by molar-refractivity contribution is 5.87. The molecule has 3 saturated heterocycles. The second-order valence-electron chi connectivity index (χ2n) is 19.2. The minimum atomic E-state index is -0.708. The molecule has 0 radical (unpaired) electrons. The van der Waals surface area contributed by atoms with E-state index < -0.39 is 24.3 Å². The van der Waals surface area contributed by atoms with E-state index in [1.165, 1.54) is 14.2 Å². The third kappa shape index (κ3) is 10.3. The quantitative estimate of drug-likeness (QED) is 0.0823. The predicted molar refractivity (Wildman–Crippen MR) is 271 cm³/mol. The number of ether oxygens (including phenoxy) is 3. The van der Waals surface area contributed by atoms with E-state index in [-0.39, 0.29) is 35.7 Å². The molecule has 0 spiro atoms. The summed E-state index contributed by atoms with van der Waals surface area (Å²) >= 11 is 0. The topological polar surface area (TPSA) is 192 Å². The Balaban J connectivity index is 0.967. The van der Waals surface area contributed by atoms with Crippen LogP contribution < -0.4 is 15.5 Å². The second kappa shape index (κ2) is 21.3. The van der Waals surface area contributed by atoms with Crippen LogP contribution in [0.15, 0.2) is 97.3 Å². The number of benzene rings is 3. The average molecular weight is 965 g/mol. The van der Waals surface area contributed by atoms with Crippen LogP contribution in [-0.4, -0.2) is 124 Å². The fraction of sp³-hybridized carbons (Fsp3) is 0.407. The SMILES string of the molecule is COC(=O)N[C@H](C(=O)N1CCC[C@H]1c1ncc(-c2ccc(-c3ccc(-c4ccc(-c5cnc([C@@H]6CCCN6C(=O)[C@@H](NC(=O)OC)C(C)C)[nH]5)cc4)n3-c3ccc(N4CCOCC4)cc3)cc2)[nH]1)C(C)C. The van der Waals surface area contributed by atoms with E-state index in [9.17, 15) is 19.2 Å². The number of alkyl carbamates (subject to hydrolysis) is 2. The lowest BCUT2D eigenvalue weighted by Gasteiger charge is -2.30. The number of nitrogens with one attached hydrogen (secondary N) is 4. The molecule has 17 heteroatoms. The van der Waals surface area contributed by atoms with Gasteiger partial charge in [-0.15, -0.1) is 0 Å². The molecule has 372 valence electrons. The van der Waals surface area contributed by atoms with Crippen molar-refractivity contribution in [1.29, 1.82) is 0 Å². The molecule has 6 aromatic rings. The van der Waals surface area contributed by atoms with Gasteiger partial charge in [0.05, 0.1) is 74.7 Å². The third-order valence-electron chi connectivity index (χ3n) is 14.0. The van der Waals surface area contributed by atoms with Crippen LogP contribution in [-0.2, 0) is 23.8 Å². The van der Waals surface area contributed by atoms with Crippen molar-refractivity contribution < 1.29 is 33.4 Å². The molecule has 4 amide bonds. The van der Waals surface area contributed by atoms with Gasteiger partial charge in [0.25, 0.3) is 0 Å². The van der Waals surface area contributed by atoms with Crippen LogP contribution in [0.25, 0.3) is 50.7 Å². The van der Waals surface area contributed by atoms with Gasteiger partial charge >= 0.3 is 12.2 Å². The van der Waals surface area contributed by atoms with Crippen LogP contribution >= 0.6 is 0 Å². The smallest absolute Gasteiger partial charge is 0.407 e. The molecular formula is C54H64N10O7. The van der Waals surface area contributed by atoms with Gasteiger partial charge in [-0.25, -0.2) is 19.6 Å². The summed E-state index contributed by atoms with van der Waals surface area (Å²) in [7, 11) is 2.59. The molecule has 4 atom stereocenters. The molecule has 0 bridgehead atoms. The number of carbonyl (C=O) groups excluding carboxylic acids is 4. The van der Waals surface area contributed by atoms with E-state index in [1.54, 1.807) is 0 Å². The number of H-pyrrole nitrogens is 2. The number of imidazole rings is 2. The molecule has 4 N–H and O–H groups in total. The van der Waals surface area contributed by atoms with Crippen LogP contribution in [0.4, 0.5) is 15.3 Å². The number of aromatic nitrogens is 5. The number of rotatable bonds is 14. The molecule has 17 nitrogen and oxygen atoms in total. The van der Waals surface area contributed by atoms with Crippen molar-refractivity contribution in [3.63, 3.8) is 0 Å². The first-order chi connectivity index (χ1) is 34.4. The molecule has 3 aliphatic heterocycles. The lowest BCUT2D eigenvalue weighted by atomic mass is 10.0. The van der Waals surface area contributed by atoms with Crippen LogP contribution in [0.1, 0.15) is 77.1 Å². The van der Waals surface area contributed by atoms with Gasteiger partial charge in [-0.05, 0) is 96.2 Å². The Bertz CT molecular complexity index is 2650. The zero-order valence-electron chi connectivity index (χ0n) is 41.3. The maximum atomic E-state index is 13.8. The third-order valence-corrected chi connectivity index (χ3v) is 14.0. The number of methoxy groups -OCH3 is 2. The lowest BCUT2D eigenvalue weighted by Crippen LogP contribution is -2.51. The Morgan fingerprint density at radius 1 is 0.577 bits per heavy atom. The predicted octanol–water partition coefficient (Wildman–Crippen LogP) is 8.52. The number of hydrogen-bond acceptors (Lipinski definition) is 10. The van der Waals surface area contributed by atoms with Gasteiger partial charge < -0.3 is 54.1 Å². The van der Waals surface area contributed by atoms with E-state index in [2.05, 4.69) is 115 Å². The van der Waals surface area contributed by atoms with Crippen molar-refractivity contribution in [1.82, 2.24) is 44.9 Å². The standard InChI is InChI=1S/C54H64N10O7/c1-33(2)47(59-53(67)69-5)51(65)62-25-7-9-45(62)49-55-31-41(57-49)35-11-15-37(16-12-35)43-23-24-44(64(43)40-21-19-39(20-22-40)61-27-29-71-30-28-61)38-17-13-36(14-18-38)42-32-56-50(58-42)46-10-8-26-63(46)52(66)48(34(3)4)60-54(68)70-6/h11-24,31-34,45-48H,7-10,25-30H2,1-6H3,(H,55,57)(H,56,58)(H,59,67)(H,60,68)/t45-,46-,47-,48-/m0/s1. The Morgan fingerprint density at radius 2 is 0.986 bits per heavy atom. The number of nitrogens with zero attached hydrogens (tertiary/aromatic N) is 6. The number of hydrogen-bond donors (Lipinski definition) is 4. The van der Waals surface area contributed by atoms with Crippen molar-refractivity contribution in [2.45, 2.75) is 77.5 Å². The molecule has 71 heavy (non-hydrogen) atoms. The highest BCUT2D eigenvalue weighted by Crippen LogP contribution is 2.38. The molecule has 0 saturated carbocycles. The summed E-state index contributed by atoms with van der Waals surface area (Å²) in [6.45, 7) is 11.9. The minimum absolute atomic E-state index is 0.123. The van der Waals surface area contributed by atoms with Gasteiger partial charge in [0, 0.05) is 37.6 Å². The zero-order chi connectivity index (χ0) is 49.8. The summed E-state index contributed by atoms with van der Waals surface area (Å²) in [5.41, 5.74) is 9.91. The molecule has 3 aliphatic rings. The van der Waals surface area contributed by atoms with E-state index in [0.29, 0.717) is 38.0 Å². The summed E-state index contributed by atoms with van der Waals surface area (Å²) < 4.78 is 17.5. The number of carbonyl (C=O) groups is 4. The summed E-state index contributed by atoms with van der Waals surface area (Å²) in [6.07, 6.45) is 5.58. The summed E-state index contributed by atoms with van der Waals surface area (Å²) in [6, 6.07) is 28.0. The molecule has 0 unspecified atom stereocenters. The van der Waals surface area contributed by atoms with Gasteiger partial charge in [0.2, 0.25) is 11.8 Å². The highest BCUT2D eigenvalue weighted by Gasteiger charge is 2.39. The number of morpholine rings is 1.